The van der Waals surface area contributed by atoms with Gasteiger partial charge in [-0.1, -0.05) is 44.2 Å². The third kappa shape index (κ3) is 22.2. The molecule has 2 aromatic rings. The Morgan fingerprint density at radius 2 is 1.40 bits per heavy atom. The molecule has 0 heterocycles. The molecule has 2 aromatic carbocycles. The normalized spacial score (nSPS) is 9.55. The summed E-state index contributed by atoms with van der Waals surface area (Å²) in [5, 5.41) is 36.4. The van der Waals surface area contributed by atoms with Crippen LogP contribution in [0.2, 0.25) is 0 Å². The number of aliphatic carboxylic acids is 2. The molecule has 226 valence electrons. The fraction of sp³-hybridized carbons (Fsp3) is 0.367. The van der Waals surface area contributed by atoms with Gasteiger partial charge >= 0.3 is 109 Å². The molecule has 0 aliphatic heterocycles. The van der Waals surface area contributed by atoms with E-state index in [1.807, 2.05) is 12.1 Å². The van der Waals surface area contributed by atoms with E-state index in [0.29, 0.717) is 30.4 Å². The van der Waals surface area contributed by atoms with Gasteiger partial charge in [-0.15, -0.1) is 6.58 Å². The van der Waals surface area contributed by atoms with Crippen LogP contribution < -0.4 is 14.8 Å². The monoisotopic (exact) mass is 689 g/mol. The first kappa shape index (κ1) is 45.1. The molecule has 1 amide bonds. The van der Waals surface area contributed by atoms with Crippen molar-refractivity contribution in [1.29, 1.82) is 0 Å². The predicted molar refractivity (Wildman–Crippen MR) is 168 cm³/mol. The van der Waals surface area contributed by atoms with Crippen LogP contribution in [0.1, 0.15) is 50.7 Å². The summed E-state index contributed by atoms with van der Waals surface area (Å²) in [6, 6.07) is 10.3. The SMILES string of the molecule is C=CCc1ccc(O)c(OC)c1.COc1cc(CNC(=O)CCCCC=CC(C)C)ccc1O.O=C(O)C(=O)O.[KH].[SrH2]. The molecule has 5 N–H and O–H groups in total. The standard InChI is InChI=1S/C18H27NO3.C10H12O2.C2H2O4.K.Sr.3H/c1-14(2)8-6-4-5-7-9-18(21)19-13-15-10-11-16(20)17(12-15)22-3;1-3-4-8-5-6-9(11)10(7-8)12-2;3-1(4)2(5)6;;;;;/h6,8,10-12,14,20H,4-5,7,9,13H2,1-3H3,(H,19,21);3,5-7,11H,1,4H2,2H3;(H,3,4)(H,5,6);;;;;. The van der Waals surface area contributed by atoms with E-state index in [0.717, 1.165) is 36.8 Å². The van der Waals surface area contributed by atoms with E-state index in [1.165, 1.54) is 14.2 Å². The average Bonchev–Trinajstić information content (AvgIpc) is 2.91. The van der Waals surface area contributed by atoms with E-state index in [-0.39, 0.29) is 114 Å². The van der Waals surface area contributed by atoms with Gasteiger partial charge < -0.3 is 35.2 Å². The van der Waals surface area contributed by atoms with Crippen LogP contribution in [0.5, 0.6) is 23.0 Å². The Bertz CT molecular complexity index is 1110. The molecule has 10 nitrogen and oxygen atoms in total. The number of hydrogen-bond donors (Lipinski definition) is 5. The summed E-state index contributed by atoms with van der Waals surface area (Å²) in [7, 11) is 3.04. The van der Waals surface area contributed by atoms with Crippen LogP contribution in [0, 0.1) is 5.92 Å². The Labute approximate surface area is 327 Å². The molecule has 0 saturated carbocycles. The number of rotatable bonds is 12. The van der Waals surface area contributed by atoms with E-state index in [4.69, 9.17) is 29.3 Å². The van der Waals surface area contributed by atoms with Gasteiger partial charge in [-0.2, -0.15) is 0 Å². The molecule has 0 saturated heterocycles. The number of phenols is 2. The topological polar surface area (TPSA) is 163 Å². The molecular formula is C30H44KNO9Sr. The van der Waals surface area contributed by atoms with Gasteiger partial charge in [0.1, 0.15) is 0 Å². The molecule has 12 heteroatoms. The zero-order valence-corrected chi connectivity index (χ0v) is 23.6. The molecule has 0 radical (unpaired) electrons. The summed E-state index contributed by atoms with van der Waals surface area (Å²) < 4.78 is 9.99. The number of ether oxygens (including phenoxy) is 2. The molecule has 0 atom stereocenters. The number of methoxy groups -OCH3 is 2. The van der Waals surface area contributed by atoms with Crippen molar-refractivity contribution in [2.24, 2.45) is 5.92 Å². The fourth-order valence-corrected chi connectivity index (χ4v) is 3.05. The van der Waals surface area contributed by atoms with Gasteiger partial charge in [0.25, 0.3) is 0 Å². The van der Waals surface area contributed by atoms with Crippen molar-refractivity contribution < 1.29 is 44.3 Å². The first-order valence-electron chi connectivity index (χ1n) is 12.7. The molecule has 2 rings (SSSR count). The van der Waals surface area contributed by atoms with Crippen molar-refractivity contribution in [2.75, 3.05) is 14.2 Å². The molecule has 0 aromatic heterocycles. The number of unbranched alkanes of at least 4 members (excludes halogenated alkanes) is 2. The van der Waals surface area contributed by atoms with Crippen LogP contribution in [0.3, 0.4) is 0 Å². The summed E-state index contributed by atoms with van der Waals surface area (Å²) in [6.45, 7) is 8.39. The van der Waals surface area contributed by atoms with Crippen molar-refractivity contribution >= 4 is 115 Å². The van der Waals surface area contributed by atoms with E-state index >= 15 is 0 Å². The second-order valence-corrected chi connectivity index (χ2v) is 8.81. The number of nitrogens with one attached hydrogen (secondary N) is 1. The fourth-order valence-electron chi connectivity index (χ4n) is 3.05. The van der Waals surface area contributed by atoms with Gasteiger partial charge in [-0.25, -0.2) is 9.59 Å². The van der Waals surface area contributed by atoms with Gasteiger partial charge in [-0.05, 0) is 67.0 Å². The van der Waals surface area contributed by atoms with Crippen molar-refractivity contribution in [1.82, 2.24) is 5.32 Å². The first-order valence-corrected chi connectivity index (χ1v) is 12.7. The second kappa shape index (κ2) is 27.2. The van der Waals surface area contributed by atoms with Crippen LogP contribution in [-0.4, -0.2) is 149 Å². The van der Waals surface area contributed by atoms with E-state index in [1.54, 1.807) is 30.3 Å². The summed E-state index contributed by atoms with van der Waals surface area (Å²) >= 11 is 0. The zero-order chi connectivity index (χ0) is 30.5. The third-order valence-corrected chi connectivity index (χ3v) is 5.09. The number of allylic oxidation sites excluding steroid dienone is 3. The molecule has 0 spiro atoms. The number of amides is 1. The first-order chi connectivity index (χ1) is 18.9. The molecule has 0 aliphatic carbocycles. The van der Waals surface area contributed by atoms with Gasteiger partial charge in [0.2, 0.25) is 5.91 Å². The van der Waals surface area contributed by atoms with Crippen molar-refractivity contribution in [2.45, 2.75) is 52.5 Å². The summed E-state index contributed by atoms with van der Waals surface area (Å²) in [4.78, 5) is 30.0. The van der Waals surface area contributed by atoms with Gasteiger partial charge in [-0.3, -0.25) is 4.79 Å². The maximum atomic E-state index is 11.8. The predicted octanol–water partition coefficient (Wildman–Crippen LogP) is 3.51. The maximum absolute atomic E-state index is 11.8. The quantitative estimate of drug-likeness (QED) is 0.0972. The Morgan fingerprint density at radius 3 is 1.86 bits per heavy atom. The minimum absolute atomic E-state index is 0. The van der Waals surface area contributed by atoms with Crippen molar-refractivity contribution in [3.63, 3.8) is 0 Å². The number of phenolic OH excluding ortho intramolecular Hbond substituents is 2. The van der Waals surface area contributed by atoms with E-state index < -0.39 is 11.9 Å². The summed E-state index contributed by atoms with van der Waals surface area (Å²) in [5.41, 5.74) is 1.99. The number of benzene rings is 2. The Kier molecular flexibility index (Phi) is 29.2. The molecular weight excluding hydrogens is 645 g/mol. The molecule has 0 fully saturated rings. The Balaban J connectivity index is -0.000000639. The van der Waals surface area contributed by atoms with E-state index in [9.17, 15) is 15.0 Å². The third-order valence-electron chi connectivity index (χ3n) is 5.09. The molecule has 42 heavy (non-hydrogen) atoms. The van der Waals surface area contributed by atoms with Crippen LogP contribution in [0.4, 0.5) is 0 Å². The summed E-state index contributed by atoms with van der Waals surface area (Å²) in [5.74, 6) is -1.80. The Morgan fingerprint density at radius 1 is 0.905 bits per heavy atom. The van der Waals surface area contributed by atoms with Gasteiger partial charge in [0.05, 0.1) is 14.2 Å². The van der Waals surface area contributed by atoms with Crippen molar-refractivity contribution in [3.8, 4) is 23.0 Å². The van der Waals surface area contributed by atoms with Crippen LogP contribution >= 0.6 is 0 Å². The minimum atomic E-state index is -1.82. The average molecular weight is 689 g/mol. The number of carboxylic acids is 2. The molecule has 0 aliphatic rings. The Hall–Kier alpha value is -1.35. The van der Waals surface area contributed by atoms with E-state index in [2.05, 4.69) is 37.9 Å². The number of carbonyl (C=O) groups is 3. The van der Waals surface area contributed by atoms with Crippen molar-refractivity contribution in [3.05, 3.63) is 72.3 Å². The molecule has 0 unspecified atom stereocenters. The van der Waals surface area contributed by atoms with Gasteiger partial charge in [0, 0.05) is 13.0 Å². The zero-order valence-electron chi connectivity index (χ0n) is 23.6. The number of carbonyl (C=O) groups excluding carboxylic acids is 1. The summed E-state index contributed by atoms with van der Waals surface area (Å²) in [6.07, 6.45) is 10.5. The molecule has 0 bridgehead atoms. The van der Waals surface area contributed by atoms with Gasteiger partial charge in [0.15, 0.2) is 23.0 Å². The second-order valence-electron chi connectivity index (χ2n) is 8.81. The number of hydrogen-bond acceptors (Lipinski definition) is 7. The van der Waals surface area contributed by atoms with Crippen LogP contribution in [0.15, 0.2) is 61.2 Å². The van der Waals surface area contributed by atoms with Crippen LogP contribution in [-0.2, 0) is 27.3 Å². The van der Waals surface area contributed by atoms with Crippen LogP contribution in [0.25, 0.3) is 0 Å². The number of carboxylic acid groups (broad SMARTS) is 2. The number of aromatic hydroxyl groups is 2.